The SMILES string of the molecule is CCN(C(=O)CCNc1cc(Cl)ccc1Cl)c1ccccc1. The predicted molar refractivity (Wildman–Crippen MR) is 94.0 cm³/mol. The molecular weight excluding hydrogens is 319 g/mol. The Kier molecular flexibility index (Phi) is 6.10. The van der Waals surface area contributed by atoms with E-state index in [9.17, 15) is 4.79 Å². The average molecular weight is 337 g/mol. The molecule has 0 aliphatic carbocycles. The van der Waals surface area contributed by atoms with Gasteiger partial charge in [0.25, 0.3) is 0 Å². The summed E-state index contributed by atoms with van der Waals surface area (Å²) in [6.45, 7) is 3.11. The summed E-state index contributed by atoms with van der Waals surface area (Å²) in [7, 11) is 0. The Hall–Kier alpha value is -1.71. The molecule has 1 amide bonds. The lowest BCUT2D eigenvalue weighted by Crippen LogP contribution is -2.31. The van der Waals surface area contributed by atoms with Crippen molar-refractivity contribution in [2.45, 2.75) is 13.3 Å². The van der Waals surface area contributed by atoms with Crippen LogP contribution < -0.4 is 10.2 Å². The molecule has 0 saturated carbocycles. The van der Waals surface area contributed by atoms with Crippen LogP contribution in [0.15, 0.2) is 48.5 Å². The Labute approximate surface area is 140 Å². The minimum absolute atomic E-state index is 0.0688. The maximum Gasteiger partial charge on any atom is 0.228 e. The van der Waals surface area contributed by atoms with Crippen LogP contribution in [0.5, 0.6) is 0 Å². The van der Waals surface area contributed by atoms with Crippen molar-refractivity contribution in [1.29, 1.82) is 0 Å². The second-order valence-electron chi connectivity index (χ2n) is 4.77. The molecule has 3 nitrogen and oxygen atoms in total. The zero-order chi connectivity index (χ0) is 15.9. The summed E-state index contributed by atoms with van der Waals surface area (Å²) in [5, 5.41) is 4.35. The standard InChI is InChI=1S/C17H18Cl2N2O/c1-2-21(14-6-4-3-5-7-14)17(22)10-11-20-16-12-13(18)8-9-15(16)19/h3-9,12,20H,2,10-11H2,1H3. The Bertz CT molecular complexity index is 632. The van der Waals surface area contributed by atoms with Crippen LogP contribution in [0, 0.1) is 0 Å². The largest absolute Gasteiger partial charge is 0.383 e. The molecule has 2 rings (SSSR count). The molecule has 0 spiro atoms. The molecule has 116 valence electrons. The first-order valence-electron chi connectivity index (χ1n) is 7.16. The Morgan fingerprint density at radius 3 is 2.55 bits per heavy atom. The van der Waals surface area contributed by atoms with E-state index in [-0.39, 0.29) is 5.91 Å². The fraction of sp³-hybridized carbons (Fsp3) is 0.235. The summed E-state index contributed by atoms with van der Waals surface area (Å²) in [6, 6.07) is 14.9. The Balaban J connectivity index is 1.93. The van der Waals surface area contributed by atoms with Crippen molar-refractivity contribution in [2.75, 3.05) is 23.3 Å². The molecule has 2 aromatic carbocycles. The van der Waals surface area contributed by atoms with Crippen LogP contribution in [0.4, 0.5) is 11.4 Å². The quantitative estimate of drug-likeness (QED) is 0.817. The van der Waals surface area contributed by atoms with E-state index in [1.807, 2.05) is 37.3 Å². The number of nitrogens with zero attached hydrogens (tertiary/aromatic N) is 1. The summed E-state index contributed by atoms with van der Waals surface area (Å²) in [4.78, 5) is 14.1. The van der Waals surface area contributed by atoms with Gasteiger partial charge in [-0.25, -0.2) is 0 Å². The molecule has 0 saturated heterocycles. The van der Waals surface area contributed by atoms with E-state index in [2.05, 4.69) is 5.32 Å². The number of rotatable bonds is 6. The lowest BCUT2D eigenvalue weighted by atomic mass is 10.2. The van der Waals surface area contributed by atoms with Gasteiger partial charge in [0.15, 0.2) is 0 Å². The molecule has 0 fully saturated rings. The number of carbonyl (C=O) groups excluding carboxylic acids is 1. The molecule has 1 N–H and O–H groups in total. The number of anilines is 2. The molecule has 0 aliphatic heterocycles. The zero-order valence-corrected chi connectivity index (χ0v) is 13.9. The summed E-state index contributed by atoms with van der Waals surface area (Å²) in [6.07, 6.45) is 0.381. The van der Waals surface area contributed by atoms with Crippen LogP contribution in [0.1, 0.15) is 13.3 Å². The van der Waals surface area contributed by atoms with Crippen LogP contribution in [-0.4, -0.2) is 19.0 Å². The number of hydrogen-bond acceptors (Lipinski definition) is 2. The van der Waals surface area contributed by atoms with E-state index >= 15 is 0 Å². The monoisotopic (exact) mass is 336 g/mol. The summed E-state index contributed by atoms with van der Waals surface area (Å²) < 4.78 is 0. The average Bonchev–Trinajstić information content (AvgIpc) is 2.52. The summed E-state index contributed by atoms with van der Waals surface area (Å²) >= 11 is 12.0. The van der Waals surface area contributed by atoms with E-state index in [0.29, 0.717) is 29.6 Å². The Morgan fingerprint density at radius 2 is 1.86 bits per heavy atom. The van der Waals surface area contributed by atoms with Crippen molar-refractivity contribution in [3.8, 4) is 0 Å². The second-order valence-corrected chi connectivity index (χ2v) is 5.62. The number of para-hydroxylation sites is 1. The van der Waals surface area contributed by atoms with E-state index in [1.165, 1.54) is 0 Å². The van der Waals surface area contributed by atoms with Crippen molar-refractivity contribution in [3.63, 3.8) is 0 Å². The molecule has 0 aromatic heterocycles. The normalized spacial score (nSPS) is 10.3. The van der Waals surface area contributed by atoms with Gasteiger partial charge in [0.2, 0.25) is 5.91 Å². The molecule has 5 heteroatoms. The smallest absolute Gasteiger partial charge is 0.228 e. The first-order chi connectivity index (χ1) is 10.6. The van der Waals surface area contributed by atoms with Crippen LogP contribution >= 0.6 is 23.2 Å². The third-order valence-corrected chi connectivity index (χ3v) is 3.83. The number of hydrogen-bond donors (Lipinski definition) is 1. The molecule has 0 bridgehead atoms. The van der Waals surface area contributed by atoms with Gasteiger partial charge < -0.3 is 10.2 Å². The predicted octanol–water partition coefficient (Wildman–Crippen LogP) is 4.85. The molecule has 2 aromatic rings. The maximum atomic E-state index is 12.3. The van der Waals surface area contributed by atoms with Crippen LogP contribution in [-0.2, 0) is 4.79 Å². The third kappa shape index (κ3) is 4.39. The molecule has 0 atom stereocenters. The van der Waals surface area contributed by atoms with Crippen LogP contribution in [0.3, 0.4) is 0 Å². The molecule has 0 radical (unpaired) electrons. The van der Waals surface area contributed by atoms with Gasteiger partial charge in [0.1, 0.15) is 0 Å². The lowest BCUT2D eigenvalue weighted by Gasteiger charge is -2.21. The highest BCUT2D eigenvalue weighted by atomic mass is 35.5. The van der Waals surface area contributed by atoms with E-state index < -0.39 is 0 Å². The van der Waals surface area contributed by atoms with Crippen molar-refractivity contribution in [1.82, 2.24) is 0 Å². The molecule has 0 aliphatic rings. The molecule has 22 heavy (non-hydrogen) atoms. The van der Waals surface area contributed by atoms with E-state index in [4.69, 9.17) is 23.2 Å². The van der Waals surface area contributed by atoms with Gasteiger partial charge in [-0.1, -0.05) is 41.4 Å². The molecule has 0 heterocycles. The van der Waals surface area contributed by atoms with Gasteiger partial charge in [-0.3, -0.25) is 4.79 Å². The number of halogens is 2. The summed E-state index contributed by atoms with van der Waals surface area (Å²) in [5.74, 6) is 0.0688. The topological polar surface area (TPSA) is 32.3 Å². The molecule has 0 unspecified atom stereocenters. The van der Waals surface area contributed by atoms with E-state index in [0.717, 1.165) is 11.4 Å². The van der Waals surface area contributed by atoms with Crippen molar-refractivity contribution in [3.05, 3.63) is 58.6 Å². The number of amides is 1. The minimum Gasteiger partial charge on any atom is -0.383 e. The minimum atomic E-state index is 0.0688. The number of benzene rings is 2. The van der Waals surface area contributed by atoms with Gasteiger partial charge in [-0.05, 0) is 37.3 Å². The first kappa shape index (κ1) is 16.7. The van der Waals surface area contributed by atoms with Crippen LogP contribution in [0.2, 0.25) is 10.0 Å². The van der Waals surface area contributed by atoms with Gasteiger partial charge in [-0.15, -0.1) is 0 Å². The van der Waals surface area contributed by atoms with Gasteiger partial charge in [-0.2, -0.15) is 0 Å². The van der Waals surface area contributed by atoms with Gasteiger partial charge >= 0.3 is 0 Å². The highest BCUT2D eigenvalue weighted by molar-refractivity contribution is 6.35. The summed E-state index contributed by atoms with van der Waals surface area (Å²) in [5.41, 5.74) is 1.65. The molecular formula is C17H18Cl2N2O. The van der Waals surface area contributed by atoms with Crippen LogP contribution in [0.25, 0.3) is 0 Å². The maximum absolute atomic E-state index is 12.3. The highest BCUT2D eigenvalue weighted by Gasteiger charge is 2.13. The third-order valence-electron chi connectivity index (χ3n) is 3.27. The number of nitrogens with one attached hydrogen (secondary N) is 1. The Morgan fingerprint density at radius 1 is 1.14 bits per heavy atom. The fourth-order valence-corrected chi connectivity index (χ4v) is 2.54. The van der Waals surface area contributed by atoms with Gasteiger partial charge in [0.05, 0.1) is 10.7 Å². The lowest BCUT2D eigenvalue weighted by molar-refractivity contribution is -0.118. The zero-order valence-electron chi connectivity index (χ0n) is 12.4. The number of carbonyl (C=O) groups is 1. The van der Waals surface area contributed by atoms with E-state index in [1.54, 1.807) is 23.1 Å². The fourth-order valence-electron chi connectivity index (χ4n) is 2.18. The highest BCUT2D eigenvalue weighted by Crippen LogP contribution is 2.25. The van der Waals surface area contributed by atoms with Crippen molar-refractivity contribution >= 4 is 40.5 Å². The van der Waals surface area contributed by atoms with Gasteiger partial charge in [0, 0.05) is 30.2 Å². The second kappa shape index (κ2) is 8.06. The van der Waals surface area contributed by atoms with Crippen molar-refractivity contribution < 1.29 is 4.79 Å². The first-order valence-corrected chi connectivity index (χ1v) is 7.91. The van der Waals surface area contributed by atoms with Crippen molar-refractivity contribution in [2.24, 2.45) is 0 Å².